The fourth-order valence-corrected chi connectivity index (χ4v) is 3.14. The predicted octanol–water partition coefficient (Wildman–Crippen LogP) is 2.54. The highest BCUT2D eigenvalue weighted by atomic mass is 15.2. The zero-order valence-corrected chi connectivity index (χ0v) is 12.3. The van der Waals surface area contributed by atoms with Crippen LogP contribution in [0.25, 0.3) is 10.9 Å². The van der Waals surface area contributed by atoms with Gasteiger partial charge in [-0.2, -0.15) is 5.26 Å². The van der Waals surface area contributed by atoms with E-state index in [1.807, 2.05) is 37.4 Å². The Morgan fingerprint density at radius 3 is 3.10 bits per heavy atom. The first kappa shape index (κ1) is 13.8. The van der Waals surface area contributed by atoms with Gasteiger partial charge < -0.3 is 10.2 Å². The van der Waals surface area contributed by atoms with Gasteiger partial charge in [-0.05, 0) is 44.5 Å². The maximum absolute atomic E-state index is 9.45. The lowest BCUT2D eigenvalue weighted by Gasteiger charge is -2.34. The van der Waals surface area contributed by atoms with Crippen molar-refractivity contribution in [3.63, 3.8) is 0 Å². The Morgan fingerprint density at radius 1 is 1.43 bits per heavy atom. The lowest BCUT2D eigenvalue weighted by molar-refractivity contribution is 0.401. The predicted molar refractivity (Wildman–Crippen MR) is 85.3 cm³/mol. The number of anilines is 1. The summed E-state index contributed by atoms with van der Waals surface area (Å²) in [6, 6.07) is 12.3. The van der Waals surface area contributed by atoms with Crippen LogP contribution in [0.3, 0.4) is 0 Å². The lowest BCUT2D eigenvalue weighted by Crippen LogP contribution is -2.39. The van der Waals surface area contributed by atoms with Crippen molar-refractivity contribution in [2.75, 3.05) is 31.6 Å². The minimum Gasteiger partial charge on any atom is -0.355 e. The Labute approximate surface area is 125 Å². The summed E-state index contributed by atoms with van der Waals surface area (Å²) >= 11 is 0. The van der Waals surface area contributed by atoms with Gasteiger partial charge in [-0.25, -0.2) is 4.98 Å². The highest BCUT2D eigenvalue weighted by molar-refractivity contribution is 5.83. The molecule has 0 aliphatic carbocycles. The van der Waals surface area contributed by atoms with Crippen molar-refractivity contribution in [3.8, 4) is 6.07 Å². The summed E-state index contributed by atoms with van der Waals surface area (Å²) < 4.78 is 0. The molecule has 1 N–H and O–H groups in total. The van der Waals surface area contributed by atoms with Crippen molar-refractivity contribution in [2.24, 2.45) is 5.92 Å². The molecule has 1 aromatic carbocycles. The van der Waals surface area contributed by atoms with Gasteiger partial charge in [-0.1, -0.05) is 18.2 Å². The van der Waals surface area contributed by atoms with E-state index in [4.69, 9.17) is 4.98 Å². The molecule has 1 aliphatic heterocycles. The van der Waals surface area contributed by atoms with E-state index in [-0.39, 0.29) is 0 Å². The molecule has 1 aromatic heterocycles. The van der Waals surface area contributed by atoms with Crippen molar-refractivity contribution >= 4 is 16.7 Å². The summed E-state index contributed by atoms with van der Waals surface area (Å²) in [6.45, 7) is 2.98. The normalized spacial score (nSPS) is 18.7. The molecule has 2 heterocycles. The van der Waals surface area contributed by atoms with E-state index in [9.17, 15) is 5.26 Å². The number of aromatic nitrogens is 1. The Bertz CT molecular complexity index is 672. The minimum absolute atomic E-state index is 0.628. The van der Waals surface area contributed by atoms with E-state index in [1.54, 1.807) is 0 Å². The summed E-state index contributed by atoms with van der Waals surface area (Å²) in [7, 11) is 1.99. The Morgan fingerprint density at radius 2 is 2.29 bits per heavy atom. The molecule has 0 bridgehead atoms. The van der Waals surface area contributed by atoms with Crippen LogP contribution in [0.4, 0.5) is 5.82 Å². The number of hydrogen-bond acceptors (Lipinski definition) is 4. The summed E-state index contributed by atoms with van der Waals surface area (Å²) in [5, 5.41) is 13.7. The number of nitrogens with one attached hydrogen (secondary N) is 1. The van der Waals surface area contributed by atoms with Crippen LogP contribution in [-0.2, 0) is 0 Å². The first-order chi connectivity index (χ1) is 10.3. The van der Waals surface area contributed by atoms with Gasteiger partial charge in [-0.15, -0.1) is 0 Å². The minimum atomic E-state index is 0.628. The third-order valence-corrected chi connectivity index (χ3v) is 4.14. The van der Waals surface area contributed by atoms with Crippen molar-refractivity contribution in [1.82, 2.24) is 10.3 Å². The van der Waals surface area contributed by atoms with E-state index in [0.717, 1.165) is 42.8 Å². The molecule has 1 aliphatic rings. The van der Waals surface area contributed by atoms with Crippen LogP contribution < -0.4 is 10.2 Å². The van der Waals surface area contributed by atoms with Crippen molar-refractivity contribution in [3.05, 3.63) is 35.9 Å². The van der Waals surface area contributed by atoms with Crippen LogP contribution in [0.15, 0.2) is 30.3 Å². The molecule has 2 aromatic rings. The van der Waals surface area contributed by atoms with Gasteiger partial charge >= 0.3 is 0 Å². The van der Waals surface area contributed by atoms with Crippen LogP contribution in [0, 0.1) is 17.2 Å². The molecule has 21 heavy (non-hydrogen) atoms. The number of rotatable bonds is 3. The molecule has 0 spiro atoms. The molecule has 1 saturated heterocycles. The zero-order chi connectivity index (χ0) is 14.7. The van der Waals surface area contributed by atoms with Crippen LogP contribution >= 0.6 is 0 Å². The van der Waals surface area contributed by atoms with Crippen LogP contribution in [0.5, 0.6) is 0 Å². The summed E-state index contributed by atoms with van der Waals surface area (Å²) in [5.74, 6) is 1.47. The second-order valence-electron chi connectivity index (χ2n) is 5.68. The number of hydrogen-bond donors (Lipinski definition) is 1. The monoisotopic (exact) mass is 280 g/mol. The number of piperidine rings is 1. The highest BCUT2D eigenvalue weighted by Crippen LogP contribution is 2.27. The van der Waals surface area contributed by atoms with E-state index in [0.29, 0.717) is 11.5 Å². The van der Waals surface area contributed by atoms with Gasteiger partial charge in [0.1, 0.15) is 11.9 Å². The Balaban J connectivity index is 1.97. The van der Waals surface area contributed by atoms with Gasteiger partial charge in [0.2, 0.25) is 0 Å². The molecular weight excluding hydrogens is 260 g/mol. The number of benzene rings is 1. The van der Waals surface area contributed by atoms with E-state index >= 15 is 0 Å². The first-order valence-corrected chi connectivity index (χ1v) is 7.51. The Hall–Kier alpha value is -2.12. The van der Waals surface area contributed by atoms with Crippen molar-refractivity contribution in [2.45, 2.75) is 12.8 Å². The number of pyridine rings is 1. The zero-order valence-electron chi connectivity index (χ0n) is 12.3. The first-order valence-electron chi connectivity index (χ1n) is 7.51. The van der Waals surface area contributed by atoms with Gasteiger partial charge in [0.15, 0.2) is 0 Å². The fourth-order valence-electron chi connectivity index (χ4n) is 3.14. The summed E-state index contributed by atoms with van der Waals surface area (Å²) in [6.07, 6.45) is 2.40. The van der Waals surface area contributed by atoms with Gasteiger partial charge in [0, 0.05) is 18.5 Å². The molecule has 3 rings (SSSR count). The van der Waals surface area contributed by atoms with E-state index in [1.165, 1.54) is 6.42 Å². The number of nitriles is 1. The second-order valence-corrected chi connectivity index (χ2v) is 5.68. The largest absolute Gasteiger partial charge is 0.355 e. The molecule has 0 saturated carbocycles. The highest BCUT2D eigenvalue weighted by Gasteiger charge is 2.22. The summed E-state index contributed by atoms with van der Waals surface area (Å²) in [4.78, 5) is 7.02. The van der Waals surface area contributed by atoms with Crippen molar-refractivity contribution < 1.29 is 0 Å². The van der Waals surface area contributed by atoms with Crippen LogP contribution in [-0.4, -0.2) is 31.7 Å². The number of fused-ring (bicyclic) bond motifs is 1. The Kier molecular flexibility index (Phi) is 4.03. The van der Waals surface area contributed by atoms with Gasteiger partial charge in [0.05, 0.1) is 11.1 Å². The molecule has 0 amide bonds. The maximum Gasteiger partial charge on any atom is 0.147 e. The topological polar surface area (TPSA) is 52.0 Å². The third-order valence-electron chi connectivity index (χ3n) is 4.14. The molecule has 1 fully saturated rings. The average Bonchev–Trinajstić information content (AvgIpc) is 2.54. The third kappa shape index (κ3) is 2.84. The second kappa shape index (κ2) is 6.11. The van der Waals surface area contributed by atoms with Gasteiger partial charge in [0.25, 0.3) is 0 Å². The van der Waals surface area contributed by atoms with Crippen LogP contribution in [0.1, 0.15) is 18.4 Å². The standard InChI is InChI=1S/C17H20N4/c1-19-11-13-5-4-8-21(12-13)17-15(10-18)9-14-6-2-3-7-16(14)20-17/h2-3,6-7,9,13,19H,4-5,8,11-12H2,1H3. The van der Waals surface area contributed by atoms with Gasteiger partial charge in [-0.3, -0.25) is 0 Å². The SMILES string of the molecule is CNCC1CCCN(c2nc3ccccc3cc2C#N)C1. The fraction of sp³-hybridized carbons (Fsp3) is 0.412. The molecule has 0 radical (unpaired) electrons. The molecule has 4 heteroatoms. The van der Waals surface area contributed by atoms with Crippen molar-refractivity contribution in [1.29, 1.82) is 5.26 Å². The number of para-hydroxylation sites is 1. The quantitative estimate of drug-likeness (QED) is 0.938. The summed E-state index contributed by atoms with van der Waals surface area (Å²) in [5.41, 5.74) is 1.64. The maximum atomic E-state index is 9.45. The molecule has 108 valence electrons. The molecule has 1 unspecified atom stereocenters. The molecule has 4 nitrogen and oxygen atoms in total. The molecular formula is C17H20N4. The lowest BCUT2D eigenvalue weighted by atomic mass is 9.97. The molecule has 1 atom stereocenters. The average molecular weight is 280 g/mol. The van der Waals surface area contributed by atoms with E-state index in [2.05, 4.69) is 16.3 Å². The number of nitrogens with zero attached hydrogens (tertiary/aromatic N) is 3. The van der Waals surface area contributed by atoms with E-state index < -0.39 is 0 Å². The smallest absolute Gasteiger partial charge is 0.147 e. The van der Waals surface area contributed by atoms with Crippen LogP contribution in [0.2, 0.25) is 0 Å².